The van der Waals surface area contributed by atoms with E-state index in [0.29, 0.717) is 0 Å². The summed E-state index contributed by atoms with van der Waals surface area (Å²) in [5.74, 6) is -1.85. The number of hydrogen-bond acceptors (Lipinski definition) is 4. The fourth-order valence-corrected chi connectivity index (χ4v) is 4.68. The Bertz CT molecular complexity index is 524. The third kappa shape index (κ3) is 49.1. The van der Waals surface area contributed by atoms with Crippen LogP contribution in [0.3, 0.4) is 0 Å². The first-order chi connectivity index (χ1) is 19.5. The molecule has 0 saturated heterocycles. The number of carbonyl (C=O) groups is 2. The summed E-state index contributed by atoms with van der Waals surface area (Å²) in [4.78, 5) is 20.4. The van der Waals surface area contributed by atoms with Gasteiger partial charge in [0.05, 0.1) is 0 Å². The SMILES string of the molecule is CCCCCCCCCCCC=CCCCCC(=O)[O-].CCCCCCCCCCCC=CCCCCC(=O)[O-].[Zn+2]. The van der Waals surface area contributed by atoms with Gasteiger partial charge < -0.3 is 19.8 Å². The first-order valence-corrected chi connectivity index (χ1v) is 17.2. The average Bonchev–Trinajstić information content (AvgIpc) is 2.93. The van der Waals surface area contributed by atoms with Gasteiger partial charge in [0.15, 0.2) is 0 Å². The molecule has 5 heteroatoms. The molecular formula is C36H66O4Zn. The van der Waals surface area contributed by atoms with Gasteiger partial charge in [0, 0.05) is 11.9 Å². The molecule has 0 aliphatic carbocycles. The van der Waals surface area contributed by atoms with Crippen LogP contribution < -0.4 is 10.2 Å². The van der Waals surface area contributed by atoms with Crippen LogP contribution in [0.4, 0.5) is 0 Å². The van der Waals surface area contributed by atoms with Crippen LogP contribution >= 0.6 is 0 Å². The van der Waals surface area contributed by atoms with Crippen molar-refractivity contribution < 1.29 is 39.3 Å². The van der Waals surface area contributed by atoms with Gasteiger partial charge in [0.1, 0.15) is 0 Å². The van der Waals surface area contributed by atoms with Gasteiger partial charge in [-0.3, -0.25) is 0 Å². The second-order valence-electron chi connectivity index (χ2n) is 11.4. The number of carbonyl (C=O) groups excluding carboxylic acids is 2. The molecule has 0 aliphatic heterocycles. The molecule has 0 aromatic carbocycles. The topological polar surface area (TPSA) is 80.3 Å². The Balaban J connectivity index is -0.000000688. The van der Waals surface area contributed by atoms with Crippen molar-refractivity contribution in [1.29, 1.82) is 0 Å². The van der Waals surface area contributed by atoms with Crippen LogP contribution in [0.5, 0.6) is 0 Å². The molecule has 4 nitrogen and oxygen atoms in total. The largest absolute Gasteiger partial charge is 2.00 e. The molecule has 0 heterocycles. The predicted molar refractivity (Wildman–Crippen MR) is 169 cm³/mol. The van der Waals surface area contributed by atoms with Gasteiger partial charge in [-0.15, -0.1) is 0 Å². The van der Waals surface area contributed by atoms with Crippen LogP contribution in [0.25, 0.3) is 0 Å². The summed E-state index contributed by atoms with van der Waals surface area (Å²) in [7, 11) is 0. The Morgan fingerprint density at radius 1 is 0.390 bits per heavy atom. The number of unbranched alkanes of at least 4 members (excludes halogenated alkanes) is 22. The Morgan fingerprint density at radius 2 is 0.610 bits per heavy atom. The fourth-order valence-electron chi connectivity index (χ4n) is 4.68. The molecule has 0 N–H and O–H groups in total. The maximum Gasteiger partial charge on any atom is 2.00 e. The van der Waals surface area contributed by atoms with Crippen molar-refractivity contribution in [2.45, 2.75) is 194 Å². The molecule has 236 valence electrons. The van der Waals surface area contributed by atoms with Gasteiger partial charge >= 0.3 is 19.5 Å². The molecule has 41 heavy (non-hydrogen) atoms. The second-order valence-corrected chi connectivity index (χ2v) is 11.4. The summed E-state index contributed by atoms with van der Waals surface area (Å²) in [6.07, 6.45) is 41.8. The average molecular weight is 628 g/mol. The van der Waals surface area contributed by atoms with E-state index in [0.717, 1.165) is 38.5 Å². The number of carboxylic acid groups (broad SMARTS) is 2. The molecule has 0 atom stereocenters. The summed E-state index contributed by atoms with van der Waals surface area (Å²) in [5, 5.41) is 20.4. The molecular weight excluding hydrogens is 562 g/mol. The van der Waals surface area contributed by atoms with Crippen molar-refractivity contribution in [3.63, 3.8) is 0 Å². The molecule has 0 aromatic rings. The minimum Gasteiger partial charge on any atom is -0.550 e. The summed E-state index contributed by atoms with van der Waals surface area (Å²) in [6, 6.07) is 0. The van der Waals surface area contributed by atoms with Crippen LogP contribution in [-0.4, -0.2) is 11.9 Å². The predicted octanol–water partition coefficient (Wildman–Crippen LogP) is 9.55. The fraction of sp³-hybridized carbons (Fsp3) is 0.833. The van der Waals surface area contributed by atoms with E-state index in [4.69, 9.17) is 0 Å². The van der Waals surface area contributed by atoms with Gasteiger partial charge in [-0.05, 0) is 77.0 Å². The van der Waals surface area contributed by atoms with Crippen LogP contribution in [0.1, 0.15) is 194 Å². The van der Waals surface area contributed by atoms with E-state index in [2.05, 4.69) is 38.2 Å². The zero-order chi connectivity index (χ0) is 29.8. The van der Waals surface area contributed by atoms with Gasteiger partial charge in [0.2, 0.25) is 0 Å². The van der Waals surface area contributed by atoms with E-state index in [1.54, 1.807) is 0 Å². The van der Waals surface area contributed by atoms with Gasteiger partial charge in [-0.1, -0.05) is 141 Å². The van der Waals surface area contributed by atoms with E-state index >= 15 is 0 Å². The molecule has 0 fully saturated rings. The smallest absolute Gasteiger partial charge is 0.550 e. The third-order valence-corrected chi connectivity index (χ3v) is 7.29. The minimum absolute atomic E-state index is 0. The number of carboxylic acids is 2. The zero-order valence-corrected chi connectivity index (χ0v) is 30.4. The van der Waals surface area contributed by atoms with E-state index in [1.165, 1.54) is 128 Å². The minimum atomic E-state index is -0.927. The van der Waals surface area contributed by atoms with Crippen molar-refractivity contribution in [1.82, 2.24) is 0 Å². The Hall–Kier alpha value is -0.957. The molecule has 0 rings (SSSR count). The molecule has 0 aliphatic rings. The van der Waals surface area contributed by atoms with Crippen molar-refractivity contribution in [2.75, 3.05) is 0 Å². The van der Waals surface area contributed by atoms with E-state index in [1.807, 2.05) is 0 Å². The van der Waals surface area contributed by atoms with Gasteiger partial charge in [-0.2, -0.15) is 0 Å². The summed E-state index contributed by atoms with van der Waals surface area (Å²) >= 11 is 0. The second kappa shape index (κ2) is 41.2. The van der Waals surface area contributed by atoms with Crippen molar-refractivity contribution in [3.8, 4) is 0 Å². The molecule has 0 aromatic heterocycles. The van der Waals surface area contributed by atoms with Crippen LogP contribution in [0.15, 0.2) is 24.3 Å². The summed E-state index contributed by atoms with van der Waals surface area (Å²) < 4.78 is 0. The summed E-state index contributed by atoms with van der Waals surface area (Å²) in [5.41, 5.74) is 0. The van der Waals surface area contributed by atoms with Gasteiger partial charge in [-0.25, -0.2) is 0 Å². The Kier molecular flexibility index (Phi) is 44.7. The monoisotopic (exact) mass is 626 g/mol. The molecule has 0 unspecified atom stereocenters. The van der Waals surface area contributed by atoms with E-state index in [9.17, 15) is 19.8 Å². The Morgan fingerprint density at radius 3 is 0.854 bits per heavy atom. The van der Waals surface area contributed by atoms with Gasteiger partial charge in [0.25, 0.3) is 0 Å². The maximum absolute atomic E-state index is 10.2. The first kappa shape index (κ1) is 44.5. The Labute approximate surface area is 268 Å². The van der Waals surface area contributed by atoms with Crippen LogP contribution in [-0.2, 0) is 29.1 Å². The first-order valence-electron chi connectivity index (χ1n) is 17.2. The number of allylic oxidation sites excluding steroid dienone is 4. The molecule has 0 spiro atoms. The molecule has 0 saturated carbocycles. The number of rotatable bonds is 30. The third-order valence-electron chi connectivity index (χ3n) is 7.29. The number of aliphatic carboxylic acids is 2. The normalized spacial score (nSPS) is 11.0. The molecule has 0 amide bonds. The zero-order valence-electron chi connectivity index (χ0n) is 27.4. The van der Waals surface area contributed by atoms with Crippen molar-refractivity contribution >= 4 is 11.9 Å². The standard InChI is InChI=1S/2C18H34O2.Zn/c2*1-2-3-4-5-6-7-8-9-10-11-12-13-14-15-16-17-18(19)20;/h2*12-13H,2-11,14-17H2,1H3,(H,19,20);/q;;+2/p-2. The van der Waals surface area contributed by atoms with Crippen LogP contribution in [0.2, 0.25) is 0 Å². The quantitative estimate of drug-likeness (QED) is 0.0451. The molecule has 0 radical (unpaired) electrons. The summed E-state index contributed by atoms with van der Waals surface area (Å²) in [6.45, 7) is 4.52. The van der Waals surface area contributed by atoms with E-state index < -0.39 is 11.9 Å². The van der Waals surface area contributed by atoms with Crippen molar-refractivity contribution in [2.24, 2.45) is 0 Å². The van der Waals surface area contributed by atoms with E-state index in [-0.39, 0.29) is 32.3 Å². The van der Waals surface area contributed by atoms with Crippen LogP contribution in [0, 0.1) is 0 Å². The molecule has 0 bridgehead atoms. The maximum atomic E-state index is 10.2. The number of hydrogen-bond donors (Lipinski definition) is 0. The van der Waals surface area contributed by atoms with Crippen molar-refractivity contribution in [3.05, 3.63) is 24.3 Å².